The lowest BCUT2D eigenvalue weighted by Crippen LogP contribution is -2.47. The minimum absolute atomic E-state index is 0.221. The van der Waals surface area contributed by atoms with Crippen molar-refractivity contribution < 1.29 is 4.74 Å². The smallest absolute Gasteiger partial charge is 0.323 e. The summed E-state index contributed by atoms with van der Waals surface area (Å²) >= 11 is 0. The highest BCUT2D eigenvalue weighted by Gasteiger charge is 2.27. The molecule has 1 aliphatic carbocycles. The Morgan fingerprint density at radius 1 is 1.15 bits per heavy atom. The normalized spacial score (nSPS) is 20.1. The summed E-state index contributed by atoms with van der Waals surface area (Å²) in [5.41, 5.74) is 5.72. The molecule has 7 heteroatoms. The van der Waals surface area contributed by atoms with Crippen molar-refractivity contribution in [1.82, 2.24) is 19.9 Å². The van der Waals surface area contributed by atoms with Gasteiger partial charge in [-0.2, -0.15) is 15.0 Å². The molecule has 0 bridgehead atoms. The van der Waals surface area contributed by atoms with Crippen molar-refractivity contribution >= 4 is 11.9 Å². The van der Waals surface area contributed by atoms with Gasteiger partial charge < -0.3 is 15.4 Å². The summed E-state index contributed by atoms with van der Waals surface area (Å²) in [5.74, 6) is 1.80. The van der Waals surface area contributed by atoms with Crippen LogP contribution in [0.15, 0.2) is 0 Å². The van der Waals surface area contributed by atoms with E-state index in [1.54, 1.807) is 0 Å². The van der Waals surface area contributed by atoms with E-state index in [9.17, 15) is 0 Å². The van der Waals surface area contributed by atoms with Gasteiger partial charge in [0.2, 0.25) is 11.9 Å². The molecular weight excluding hydrogens is 256 g/mol. The van der Waals surface area contributed by atoms with Gasteiger partial charge in [-0.05, 0) is 25.7 Å². The SMILES string of the molecule is CCOc1nc(N)nc(N2CCN(CC3CC3)CC2)n1. The van der Waals surface area contributed by atoms with Crippen molar-refractivity contribution in [2.45, 2.75) is 19.8 Å². The minimum atomic E-state index is 0.221. The van der Waals surface area contributed by atoms with Crippen molar-refractivity contribution in [3.05, 3.63) is 0 Å². The highest BCUT2D eigenvalue weighted by molar-refractivity contribution is 5.36. The Bertz CT molecular complexity index is 456. The Morgan fingerprint density at radius 3 is 2.55 bits per heavy atom. The molecular formula is C13H22N6O. The molecule has 1 aromatic rings. The average molecular weight is 278 g/mol. The van der Waals surface area contributed by atoms with Crippen LogP contribution in [0.4, 0.5) is 11.9 Å². The van der Waals surface area contributed by atoms with Gasteiger partial charge >= 0.3 is 6.01 Å². The van der Waals surface area contributed by atoms with Gasteiger partial charge in [0.1, 0.15) is 0 Å². The summed E-state index contributed by atoms with van der Waals surface area (Å²) in [7, 11) is 0. The van der Waals surface area contributed by atoms with E-state index in [0.717, 1.165) is 32.1 Å². The molecule has 1 saturated heterocycles. The highest BCUT2D eigenvalue weighted by atomic mass is 16.5. The number of nitrogen functional groups attached to an aromatic ring is 1. The van der Waals surface area contributed by atoms with Gasteiger partial charge in [0.15, 0.2) is 0 Å². The highest BCUT2D eigenvalue weighted by Crippen LogP contribution is 2.30. The van der Waals surface area contributed by atoms with E-state index < -0.39 is 0 Å². The minimum Gasteiger partial charge on any atom is -0.464 e. The van der Waals surface area contributed by atoms with Crippen LogP contribution in [0.5, 0.6) is 6.01 Å². The lowest BCUT2D eigenvalue weighted by molar-refractivity contribution is 0.246. The lowest BCUT2D eigenvalue weighted by atomic mass is 10.3. The molecule has 2 fully saturated rings. The molecule has 0 unspecified atom stereocenters. The molecule has 2 heterocycles. The number of hydrogen-bond donors (Lipinski definition) is 1. The first-order chi connectivity index (χ1) is 9.74. The molecule has 0 radical (unpaired) electrons. The average Bonchev–Trinajstić information content (AvgIpc) is 3.23. The summed E-state index contributed by atoms with van der Waals surface area (Å²) in [5, 5.41) is 0. The molecule has 1 aliphatic heterocycles. The van der Waals surface area contributed by atoms with Crippen LogP contribution >= 0.6 is 0 Å². The topological polar surface area (TPSA) is 80.4 Å². The zero-order valence-electron chi connectivity index (χ0n) is 12.0. The summed E-state index contributed by atoms with van der Waals surface area (Å²) in [4.78, 5) is 17.2. The van der Waals surface area contributed by atoms with Crippen LogP contribution in [0.1, 0.15) is 19.8 Å². The number of piperazine rings is 1. The number of rotatable bonds is 5. The molecule has 0 spiro atoms. The maximum atomic E-state index is 5.72. The molecule has 110 valence electrons. The predicted octanol–water partition coefficient (Wildman–Crippen LogP) is 0.385. The quantitative estimate of drug-likeness (QED) is 0.834. The van der Waals surface area contributed by atoms with E-state index in [0.29, 0.717) is 18.6 Å². The van der Waals surface area contributed by atoms with Crippen molar-refractivity contribution in [1.29, 1.82) is 0 Å². The molecule has 0 amide bonds. The van der Waals surface area contributed by atoms with Crippen molar-refractivity contribution in [3.63, 3.8) is 0 Å². The zero-order chi connectivity index (χ0) is 13.9. The molecule has 1 aromatic heterocycles. The number of nitrogens with two attached hydrogens (primary N) is 1. The van der Waals surface area contributed by atoms with E-state index >= 15 is 0 Å². The Labute approximate surface area is 119 Å². The van der Waals surface area contributed by atoms with Crippen molar-refractivity contribution in [3.8, 4) is 6.01 Å². The van der Waals surface area contributed by atoms with Crippen LogP contribution in [0, 0.1) is 5.92 Å². The summed E-state index contributed by atoms with van der Waals surface area (Å²) in [6.07, 6.45) is 2.81. The second-order valence-electron chi connectivity index (χ2n) is 5.44. The Balaban J connectivity index is 1.61. The second-order valence-corrected chi connectivity index (χ2v) is 5.44. The van der Waals surface area contributed by atoms with E-state index in [-0.39, 0.29) is 5.95 Å². The molecule has 20 heavy (non-hydrogen) atoms. The van der Waals surface area contributed by atoms with Gasteiger partial charge in [0.25, 0.3) is 0 Å². The number of aromatic nitrogens is 3. The maximum Gasteiger partial charge on any atom is 0.323 e. The fraction of sp³-hybridized carbons (Fsp3) is 0.769. The lowest BCUT2D eigenvalue weighted by Gasteiger charge is -2.34. The maximum absolute atomic E-state index is 5.72. The number of nitrogens with zero attached hydrogens (tertiary/aromatic N) is 5. The van der Waals surface area contributed by atoms with Crippen molar-refractivity contribution in [2.75, 3.05) is 50.0 Å². The predicted molar refractivity (Wildman–Crippen MR) is 76.8 cm³/mol. The van der Waals surface area contributed by atoms with Gasteiger partial charge in [-0.1, -0.05) is 0 Å². The first-order valence-corrected chi connectivity index (χ1v) is 7.36. The molecule has 3 rings (SSSR count). The first kappa shape index (κ1) is 13.4. The van der Waals surface area contributed by atoms with E-state index in [1.807, 2.05) is 6.92 Å². The van der Waals surface area contributed by atoms with E-state index in [1.165, 1.54) is 19.4 Å². The molecule has 0 aromatic carbocycles. The summed E-state index contributed by atoms with van der Waals surface area (Å²) in [6, 6.07) is 0.315. The van der Waals surface area contributed by atoms with Gasteiger partial charge in [0, 0.05) is 32.7 Å². The Hall–Kier alpha value is -1.63. The van der Waals surface area contributed by atoms with Gasteiger partial charge in [-0.25, -0.2) is 0 Å². The van der Waals surface area contributed by atoms with E-state index in [4.69, 9.17) is 10.5 Å². The fourth-order valence-electron chi connectivity index (χ4n) is 2.49. The number of hydrogen-bond acceptors (Lipinski definition) is 7. The largest absolute Gasteiger partial charge is 0.464 e. The number of ether oxygens (including phenoxy) is 1. The van der Waals surface area contributed by atoms with Crippen LogP contribution < -0.4 is 15.4 Å². The van der Waals surface area contributed by atoms with Crippen LogP contribution in [0.3, 0.4) is 0 Å². The third-order valence-corrected chi connectivity index (χ3v) is 3.76. The van der Waals surface area contributed by atoms with Crippen LogP contribution in [0.2, 0.25) is 0 Å². The molecule has 0 atom stereocenters. The monoisotopic (exact) mass is 278 g/mol. The molecule has 7 nitrogen and oxygen atoms in total. The first-order valence-electron chi connectivity index (χ1n) is 7.36. The third kappa shape index (κ3) is 3.27. The van der Waals surface area contributed by atoms with Crippen molar-refractivity contribution in [2.24, 2.45) is 5.92 Å². The van der Waals surface area contributed by atoms with Gasteiger partial charge in [0.05, 0.1) is 6.61 Å². The molecule has 1 saturated carbocycles. The summed E-state index contributed by atoms with van der Waals surface area (Å²) in [6.45, 7) is 7.66. The standard InChI is InChI=1S/C13H22N6O/c1-2-20-13-16-11(14)15-12(17-13)19-7-5-18(6-8-19)9-10-3-4-10/h10H,2-9H2,1H3,(H2,14,15,16,17). The molecule has 2 N–H and O–H groups in total. The fourth-order valence-corrected chi connectivity index (χ4v) is 2.49. The summed E-state index contributed by atoms with van der Waals surface area (Å²) < 4.78 is 5.32. The second kappa shape index (κ2) is 5.78. The Morgan fingerprint density at radius 2 is 1.90 bits per heavy atom. The Kier molecular flexibility index (Phi) is 3.86. The van der Waals surface area contributed by atoms with E-state index in [2.05, 4.69) is 24.8 Å². The zero-order valence-corrected chi connectivity index (χ0v) is 12.0. The van der Waals surface area contributed by atoms with Crippen LogP contribution in [-0.4, -0.2) is 59.2 Å². The van der Waals surface area contributed by atoms with Gasteiger partial charge in [-0.3, -0.25) is 4.90 Å². The van der Waals surface area contributed by atoms with Crippen LogP contribution in [-0.2, 0) is 0 Å². The third-order valence-electron chi connectivity index (χ3n) is 3.76. The van der Waals surface area contributed by atoms with Crippen LogP contribution in [0.25, 0.3) is 0 Å². The van der Waals surface area contributed by atoms with Gasteiger partial charge in [-0.15, -0.1) is 0 Å². The number of anilines is 2. The molecule has 2 aliphatic rings.